The molecule has 0 aliphatic heterocycles. The molecule has 3 rings (SSSR count). The first-order valence-corrected chi connectivity index (χ1v) is 8.20. The minimum absolute atomic E-state index is 0.0805. The molecule has 1 saturated carbocycles. The van der Waals surface area contributed by atoms with Crippen LogP contribution in [0.1, 0.15) is 30.7 Å². The number of hydrogen-bond donors (Lipinski definition) is 0. The Hall–Kier alpha value is -2.36. The van der Waals surface area contributed by atoms with Gasteiger partial charge in [-0.3, -0.25) is 9.59 Å². The summed E-state index contributed by atoms with van der Waals surface area (Å²) in [7, 11) is 2.64. The van der Waals surface area contributed by atoms with Gasteiger partial charge in [-0.2, -0.15) is 0 Å². The van der Waals surface area contributed by atoms with Crippen molar-refractivity contribution in [1.29, 1.82) is 0 Å². The van der Waals surface area contributed by atoms with E-state index in [9.17, 15) is 9.59 Å². The van der Waals surface area contributed by atoms with E-state index in [1.165, 1.54) is 19.8 Å². The summed E-state index contributed by atoms with van der Waals surface area (Å²) >= 11 is 0. The SMILES string of the molecule is COC(=O)C1(C(=O)OC)CC2=C[C@@H](c3ccccc3)CC=C[C@H]2C1. The van der Waals surface area contributed by atoms with Gasteiger partial charge in [0.1, 0.15) is 0 Å². The number of fused-ring (bicyclic) bond motifs is 1. The summed E-state index contributed by atoms with van der Waals surface area (Å²) in [6, 6.07) is 10.3. The van der Waals surface area contributed by atoms with E-state index < -0.39 is 17.4 Å². The minimum Gasteiger partial charge on any atom is -0.468 e. The van der Waals surface area contributed by atoms with Crippen LogP contribution in [0.4, 0.5) is 0 Å². The first-order chi connectivity index (χ1) is 11.6. The molecule has 0 saturated heterocycles. The van der Waals surface area contributed by atoms with Gasteiger partial charge in [0.2, 0.25) is 0 Å². The van der Waals surface area contributed by atoms with Crippen LogP contribution in [0.3, 0.4) is 0 Å². The topological polar surface area (TPSA) is 52.6 Å². The molecule has 1 aromatic rings. The van der Waals surface area contributed by atoms with Crippen LogP contribution in [-0.4, -0.2) is 26.2 Å². The lowest BCUT2D eigenvalue weighted by molar-refractivity contribution is -0.168. The molecule has 0 unspecified atom stereocenters. The molecule has 0 amide bonds. The Labute approximate surface area is 142 Å². The van der Waals surface area contributed by atoms with Gasteiger partial charge in [-0.05, 0) is 30.7 Å². The van der Waals surface area contributed by atoms with Crippen LogP contribution >= 0.6 is 0 Å². The van der Waals surface area contributed by atoms with E-state index in [2.05, 4.69) is 30.4 Å². The fraction of sp³-hybridized carbons (Fsp3) is 0.400. The molecule has 0 aromatic heterocycles. The van der Waals surface area contributed by atoms with Gasteiger partial charge in [0.05, 0.1) is 14.2 Å². The first-order valence-electron chi connectivity index (χ1n) is 8.20. The minimum atomic E-state index is -1.22. The van der Waals surface area contributed by atoms with Crippen LogP contribution in [0.5, 0.6) is 0 Å². The van der Waals surface area contributed by atoms with Crippen molar-refractivity contribution in [3.63, 3.8) is 0 Å². The Morgan fingerprint density at radius 1 is 1.04 bits per heavy atom. The van der Waals surface area contributed by atoms with E-state index in [0.29, 0.717) is 12.8 Å². The molecular weight excluding hydrogens is 304 g/mol. The van der Waals surface area contributed by atoms with E-state index >= 15 is 0 Å². The van der Waals surface area contributed by atoms with Gasteiger partial charge >= 0.3 is 11.9 Å². The number of carbonyl (C=O) groups is 2. The zero-order valence-corrected chi connectivity index (χ0v) is 14.0. The molecule has 4 nitrogen and oxygen atoms in total. The monoisotopic (exact) mass is 326 g/mol. The quantitative estimate of drug-likeness (QED) is 0.485. The van der Waals surface area contributed by atoms with Crippen LogP contribution < -0.4 is 0 Å². The Balaban J connectivity index is 1.96. The second kappa shape index (κ2) is 6.63. The van der Waals surface area contributed by atoms with Crippen molar-refractivity contribution in [3.05, 3.63) is 59.7 Å². The van der Waals surface area contributed by atoms with E-state index in [1.54, 1.807) is 0 Å². The number of ether oxygens (including phenoxy) is 2. The smallest absolute Gasteiger partial charge is 0.323 e. The third-order valence-electron chi connectivity index (χ3n) is 5.10. The van der Waals surface area contributed by atoms with Crippen molar-refractivity contribution in [2.45, 2.75) is 25.2 Å². The van der Waals surface area contributed by atoms with Gasteiger partial charge in [-0.1, -0.05) is 54.1 Å². The molecule has 1 aromatic carbocycles. The molecule has 0 heterocycles. The summed E-state index contributed by atoms with van der Waals surface area (Å²) in [4.78, 5) is 24.7. The van der Waals surface area contributed by atoms with Gasteiger partial charge in [-0.15, -0.1) is 0 Å². The predicted molar refractivity (Wildman–Crippen MR) is 90.2 cm³/mol. The highest BCUT2D eigenvalue weighted by Gasteiger charge is 2.55. The number of benzene rings is 1. The number of esters is 2. The van der Waals surface area contributed by atoms with Crippen LogP contribution in [0.25, 0.3) is 0 Å². The van der Waals surface area contributed by atoms with Crippen LogP contribution in [-0.2, 0) is 19.1 Å². The molecule has 0 spiro atoms. The normalized spacial score (nSPS) is 24.5. The van der Waals surface area contributed by atoms with Crippen molar-refractivity contribution in [2.75, 3.05) is 14.2 Å². The molecule has 2 aliphatic rings. The Kier molecular flexibility index (Phi) is 4.56. The van der Waals surface area contributed by atoms with Crippen LogP contribution in [0, 0.1) is 11.3 Å². The Morgan fingerprint density at radius 2 is 1.71 bits per heavy atom. The summed E-state index contributed by atoms with van der Waals surface area (Å²) in [6.07, 6.45) is 8.18. The van der Waals surface area contributed by atoms with E-state index in [4.69, 9.17) is 9.47 Å². The number of hydrogen-bond acceptors (Lipinski definition) is 4. The summed E-state index contributed by atoms with van der Waals surface area (Å²) in [5.74, 6) is -0.675. The second-order valence-corrected chi connectivity index (χ2v) is 6.48. The second-order valence-electron chi connectivity index (χ2n) is 6.48. The predicted octanol–water partition coefficient (Wildman–Crippen LogP) is 3.40. The molecule has 2 atom stereocenters. The summed E-state index contributed by atoms with van der Waals surface area (Å²) in [5, 5.41) is 0. The van der Waals surface area contributed by atoms with Crippen molar-refractivity contribution < 1.29 is 19.1 Å². The summed E-state index contributed by atoms with van der Waals surface area (Å²) in [5.41, 5.74) is 1.14. The first kappa shape index (κ1) is 16.5. The van der Waals surface area contributed by atoms with Gasteiger partial charge in [0, 0.05) is 5.92 Å². The highest BCUT2D eigenvalue weighted by atomic mass is 16.5. The number of carbonyl (C=O) groups excluding carboxylic acids is 2. The lowest BCUT2D eigenvalue weighted by Gasteiger charge is -2.22. The number of allylic oxidation sites excluding steroid dienone is 4. The average molecular weight is 326 g/mol. The van der Waals surface area contributed by atoms with Gasteiger partial charge < -0.3 is 9.47 Å². The maximum atomic E-state index is 12.3. The average Bonchev–Trinajstić information content (AvgIpc) is 2.88. The summed E-state index contributed by atoms with van der Waals surface area (Å²) < 4.78 is 9.84. The molecule has 0 bridgehead atoms. The lowest BCUT2D eigenvalue weighted by Crippen LogP contribution is -2.39. The molecule has 1 fully saturated rings. The standard InChI is InChI=1S/C20H22O4/c1-23-18(21)20(19(22)24-2)12-16-10-6-9-15(11-17(16)13-20)14-7-4-3-5-8-14/h3-8,10-11,15-16H,9,12-13H2,1-2H3/t15-,16-/m0/s1. The van der Waals surface area contributed by atoms with Gasteiger partial charge in [0.25, 0.3) is 0 Å². The molecule has 2 aliphatic carbocycles. The number of methoxy groups -OCH3 is 2. The maximum Gasteiger partial charge on any atom is 0.323 e. The Morgan fingerprint density at radius 3 is 2.33 bits per heavy atom. The highest BCUT2D eigenvalue weighted by molar-refractivity contribution is 6.01. The van der Waals surface area contributed by atoms with Crippen molar-refractivity contribution in [2.24, 2.45) is 11.3 Å². The molecular formula is C20H22O4. The third kappa shape index (κ3) is 2.77. The van der Waals surface area contributed by atoms with E-state index in [-0.39, 0.29) is 11.8 Å². The maximum absolute atomic E-state index is 12.3. The molecule has 126 valence electrons. The van der Waals surface area contributed by atoms with Crippen molar-refractivity contribution in [3.8, 4) is 0 Å². The highest BCUT2D eigenvalue weighted by Crippen LogP contribution is 2.49. The van der Waals surface area contributed by atoms with Crippen LogP contribution in [0.2, 0.25) is 0 Å². The number of rotatable bonds is 3. The fourth-order valence-corrected chi connectivity index (χ4v) is 3.87. The van der Waals surface area contributed by atoms with E-state index in [0.717, 1.165) is 12.0 Å². The van der Waals surface area contributed by atoms with Gasteiger partial charge in [-0.25, -0.2) is 0 Å². The Bertz CT molecular complexity index is 671. The third-order valence-corrected chi connectivity index (χ3v) is 5.10. The fourth-order valence-electron chi connectivity index (χ4n) is 3.87. The van der Waals surface area contributed by atoms with E-state index in [1.807, 2.05) is 18.2 Å². The molecule has 0 radical (unpaired) electrons. The summed E-state index contributed by atoms with van der Waals surface area (Å²) in [6.45, 7) is 0. The lowest BCUT2D eigenvalue weighted by atomic mass is 9.84. The zero-order chi connectivity index (χ0) is 17.2. The molecule has 0 N–H and O–H groups in total. The molecule has 4 heteroatoms. The van der Waals surface area contributed by atoms with Crippen molar-refractivity contribution in [1.82, 2.24) is 0 Å². The van der Waals surface area contributed by atoms with Crippen LogP contribution in [0.15, 0.2) is 54.1 Å². The van der Waals surface area contributed by atoms with Crippen molar-refractivity contribution >= 4 is 11.9 Å². The largest absolute Gasteiger partial charge is 0.468 e. The molecule has 24 heavy (non-hydrogen) atoms. The van der Waals surface area contributed by atoms with Gasteiger partial charge in [0.15, 0.2) is 5.41 Å². The zero-order valence-electron chi connectivity index (χ0n) is 14.0.